The average molecular weight is 429 g/mol. The number of halogens is 2. The van der Waals surface area contributed by atoms with E-state index in [1.165, 1.54) is 44.4 Å². The highest BCUT2D eigenvalue weighted by atomic mass is 35.5. The van der Waals surface area contributed by atoms with Gasteiger partial charge in [0.15, 0.2) is 0 Å². The van der Waals surface area contributed by atoms with Gasteiger partial charge in [0.1, 0.15) is 11.9 Å². The zero-order valence-corrected chi connectivity index (χ0v) is 16.8. The molecule has 1 N–H and O–H groups in total. The Hall–Kier alpha value is -2.65. The lowest BCUT2D eigenvalue weighted by Gasteiger charge is -2.28. The lowest BCUT2D eigenvalue weighted by atomic mass is 10.2. The van der Waals surface area contributed by atoms with Crippen LogP contribution in [0.5, 0.6) is 0 Å². The zero-order chi connectivity index (χ0) is 21.1. The Morgan fingerprint density at radius 3 is 2.46 bits per heavy atom. The molecule has 150 valence electrons. The van der Waals surface area contributed by atoms with Crippen LogP contribution < -0.4 is 9.62 Å². The molecule has 2 aromatic carbocycles. The molecule has 1 amide bonds. The van der Waals surface area contributed by atoms with Gasteiger partial charge in [-0.15, -0.1) is 0 Å². The Bertz CT molecular complexity index is 1010. The predicted molar refractivity (Wildman–Crippen MR) is 105 cm³/mol. The number of esters is 1. The number of hydrogen-bond donors (Lipinski definition) is 1. The molecular weight excluding hydrogens is 411 g/mol. The number of benzene rings is 2. The molecule has 0 bridgehead atoms. The summed E-state index contributed by atoms with van der Waals surface area (Å²) in [7, 11) is -2.70. The maximum atomic E-state index is 13.5. The fourth-order valence-corrected chi connectivity index (χ4v) is 3.90. The Labute approximate surface area is 167 Å². The summed E-state index contributed by atoms with van der Waals surface area (Å²) in [4.78, 5) is 24.4. The third kappa shape index (κ3) is 4.99. The number of rotatable bonds is 6. The van der Waals surface area contributed by atoms with E-state index >= 15 is 0 Å². The minimum absolute atomic E-state index is 0.0107. The van der Waals surface area contributed by atoms with Crippen molar-refractivity contribution in [3.05, 3.63) is 58.9 Å². The van der Waals surface area contributed by atoms with Gasteiger partial charge in [-0.3, -0.25) is 9.10 Å². The largest absolute Gasteiger partial charge is 0.465 e. The Kier molecular flexibility index (Phi) is 6.63. The second-order valence-electron chi connectivity index (χ2n) is 5.89. The van der Waals surface area contributed by atoms with Crippen LogP contribution in [0, 0.1) is 5.82 Å². The molecule has 0 aromatic heterocycles. The van der Waals surface area contributed by atoms with E-state index in [-0.39, 0.29) is 22.0 Å². The lowest BCUT2D eigenvalue weighted by molar-refractivity contribution is -0.116. The fourth-order valence-electron chi connectivity index (χ4n) is 2.54. The van der Waals surface area contributed by atoms with Gasteiger partial charge in [0.05, 0.1) is 29.6 Å². The van der Waals surface area contributed by atoms with Crippen molar-refractivity contribution in [2.24, 2.45) is 0 Å². The number of nitrogens with one attached hydrogen (secondary N) is 1. The van der Waals surface area contributed by atoms with E-state index in [0.29, 0.717) is 0 Å². The van der Waals surface area contributed by atoms with Crippen LogP contribution in [0.4, 0.5) is 15.8 Å². The quantitative estimate of drug-likeness (QED) is 0.714. The molecule has 0 radical (unpaired) electrons. The van der Waals surface area contributed by atoms with Crippen molar-refractivity contribution in [1.29, 1.82) is 0 Å². The van der Waals surface area contributed by atoms with Gasteiger partial charge in [0.25, 0.3) is 0 Å². The van der Waals surface area contributed by atoms with Crippen LogP contribution in [0.15, 0.2) is 42.5 Å². The Balaban J connectivity index is 2.33. The summed E-state index contributed by atoms with van der Waals surface area (Å²) >= 11 is 5.94. The molecule has 0 aliphatic heterocycles. The summed E-state index contributed by atoms with van der Waals surface area (Å²) in [6, 6.07) is 7.86. The first-order valence-corrected chi connectivity index (χ1v) is 10.2. The lowest BCUT2D eigenvalue weighted by Crippen LogP contribution is -2.45. The summed E-state index contributed by atoms with van der Waals surface area (Å²) in [6.07, 6.45) is 0.916. The number of anilines is 2. The first kappa shape index (κ1) is 21.6. The normalized spacial score (nSPS) is 12.2. The standard InChI is InChI=1S/C18H18ClFN2O5S/c1-11(22(28(3,25)26)14-6-4-5-12(20)9-14)17(23)21-13-7-8-16(19)15(10-13)18(24)27-2/h4-11H,1-3H3,(H,21,23)/t11-/m0/s1. The summed E-state index contributed by atoms with van der Waals surface area (Å²) in [5, 5.41) is 2.65. The molecular formula is C18H18ClFN2O5S. The topological polar surface area (TPSA) is 92.8 Å². The summed E-state index contributed by atoms with van der Waals surface area (Å²) < 4.78 is 43.4. The molecule has 0 saturated heterocycles. The van der Waals surface area contributed by atoms with Gasteiger partial charge < -0.3 is 10.1 Å². The molecule has 2 rings (SSSR count). The van der Waals surface area contributed by atoms with Gasteiger partial charge in [0, 0.05) is 5.69 Å². The van der Waals surface area contributed by atoms with Gasteiger partial charge in [-0.1, -0.05) is 17.7 Å². The van der Waals surface area contributed by atoms with Crippen LogP contribution in [0.1, 0.15) is 17.3 Å². The summed E-state index contributed by atoms with van der Waals surface area (Å²) in [5.41, 5.74) is 0.269. The molecule has 0 aliphatic rings. The molecule has 0 unspecified atom stereocenters. The first-order valence-electron chi connectivity index (χ1n) is 7.98. The third-order valence-corrected chi connectivity index (χ3v) is 5.36. The van der Waals surface area contributed by atoms with E-state index in [4.69, 9.17) is 11.6 Å². The molecule has 28 heavy (non-hydrogen) atoms. The number of ether oxygens (including phenoxy) is 1. The van der Waals surface area contributed by atoms with Crippen molar-refractivity contribution in [2.75, 3.05) is 23.0 Å². The minimum atomic E-state index is -3.89. The SMILES string of the molecule is COC(=O)c1cc(NC(=O)[C@H](C)N(c2cccc(F)c2)S(C)(=O)=O)ccc1Cl. The molecule has 2 aromatic rings. The first-order chi connectivity index (χ1) is 13.0. The molecule has 0 fully saturated rings. The highest BCUT2D eigenvalue weighted by Crippen LogP contribution is 2.24. The van der Waals surface area contributed by atoms with Crippen molar-refractivity contribution < 1.29 is 27.1 Å². The van der Waals surface area contributed by atoms with Crippen LogP contribution in [0.2, 0.25) is 5.02 Å². The van der Waals surface area contributed by atoms with E-state index in [9.17, 15) is 22.4 Å². The van der Waals surface area contributed by atoms with Gasteiger partial charge in [0.2, 0.25) is 15.9 Å². The van der Waals surface area contributed by atoms with Crippen molar-refractivity contribution in [1.82, 2.24) is 0 Å². The van der Waals surface area contributed by atoms with Gasteiger partial charge in [-0.2, -0.15) is 0 Å². The monoisotopic (exact) mass is 428 g/mol. The molecule has 0 spiro atoms. The maximum Gasteiger partial charge on any atom is 0.339 e. The highest BCUT2D eigenvalue weighted by molar-refractivity contribution is 7.92. The molecule has 0 aliphatic carbocycles. The number of sulfonamides is 1. The minimum Gasteiger partial charge on any atom is -0.465 e. The van der Waals surface area contributed by atoms with Crippen molar-refractivity contribution in [3.8, 4) is 0 Å². The van der Waals surface area contributed by atoms with E-state index in [0.717, 1.165) is 22.7 Å². The smallest absolute Gasteiger partial charge is 0.339 e. The van der Waals surface area contributed by atoms with Crippen LogP contribution in [-0.2, 0) is 19.6 Å². The molecule has 10 heteroatoms. The van der Waals surface area contributed by atoms with Crippen molar-refractivity contribution in [3.63, 3.8) is 0 Å². The van der Waals surface area contributed by atoms with Crippen molar-refractivity contribution >= 4 is 44.9 Å². The van der Waals surface area contributed by atoms with E-state index < -0.39 is 33.8 Å². The van der Waals surface area contributed by atoms with E-state index in [1.807, 2.05) is 0 Å². The Morgan fingerprint density at radius 2 is 1.89 bits per heavy atom. The van der Waals surface area contributed by atoms with E-state index in [2.05, 4.69) is 10.1 Å². The van der Waals surface area contributed by atoms with E-state index in [1.54, 1.807) is 0 Å². The molecule has 7 nitrogen and oxygen atoms in total. The Morgan fingerprint density at radius 1 is 1.21 bits per heavy atom. The number of nitrogens with zero attached hydrogens (tertiary/aromatic N) is 1. The second kappa shape index (κ2) is 8.57. The molecule has 0 heterocycles. The summed E-state index contributed by atoms with van der Waals surface area (Å²) in [6.45, 7) is 1.36. The number of hydrogen-bond acceptors (Lipinski definition) is 5. The van der Waals surface area contributed by atoms with Gasteiger partial charge in [-0.25, -0.2) is 17.6 Å². The number of amides is 1. The van der Waals surface area contributed by atoms with Crippen LogP contribution in [-0.4, -0.2) is 39.7 Å². The zero-order valence-electron chi connectivity index (χ0n) is 15.3. The summed E-state index contributed by atoms with van der Waals surface area (Å²) in [5.74, 6) is -2.02. The van der Waals surface area contributed by atoms with Crippen LogP contribution in [0.25, 0.3) is 0 Å². The van der Waals surface area contributed by atoms with Crippen molar-refractivity contribution in [2.45, 2.75) is 13.0 Å². The van der Waals surface area contributed by atoms with Gasteiger partial charge >= 0.3 is 5.97 Å². The van der Waals surface area contributed by atoms with Crippen LogP contribution >= 0.6 is 11.6 Å². The molecule has 0 saturated carbocycles. The number of methoxy groups -OCH3 is 1. The number of carbonyl (C=O) groups excluding carboxylic acids is 2. The fraction of sp³-hybridized carbons (Fsp3) is 0.222. The predicted octanol–water partition coefficient (Wildman–Crippen LogP) is 3.06. The number of carbonyl (C=O) groups is 2. The van der Waals surface area contributed by atoms with Crippen LogP contribution in [0.3, 0.4) is 0 Å². The highest BCUT2D eigenvalue weighted by Gasteiger charge is 2.29. The average Bonchev–Trinajstić information content (AvgIpc) is 2.61. The van der Waals surface area contributed by atoms with Gasteiger partial charge in [-0.05, 0) is 43.3 Å². The second-order valence-corrected chi connectivity index (χ2v) is 8.16. The molecule has 1 atom stereocenters. The third-order valence-electron chi connectivity index (χ3n) is 3.79. The maximum absolute atomic E-state index is 13.5.